The number of ether oxygens (including phenoxy) is 1. The van der Waals surface area contributed by atoms with E-state index in [1.165, 1.54) is 25.0 Å². The Balaban J connectivity index is 1.33. The lowest BCUT2D eigenvalue weighted by atomic mass is 10.1. The molecule has 0 unspecified atom stereocenters. The molecule has 24 heavy (non-hydrogen) atoms. The fourth-order valence-electron chi connectivity index (χ4n) is 3.43. The van der Waals surface area contributed by atoms with Gasteiger partial charge >= 0.3 is 0 Å². The summed E-state index contributed by atoms with van der Waals surface area (Å²) < 4.78 is 8.01. The van der Waals surface area contributed by atoms with Gasteiger partial charge in [-0.2, -0.15) is 5.10 Å². The smallest absolute Gasteiger partial charge is 0.144 e. The van der Waals surface area contributed by atoms with Gasteiger partial charge in [-0.3, -0.25) is 14.6 Å². The van der Waals surface area contributed by atoms with Crippen LogP contribution in [0.5, 0.6) is 0 Å². The van der Waals surface area contributed by atoms with Gasteiger partial charge in [0.2, 0.25) is 0 Å². The van der Waals surface area contributed by atoms with Crippen molar-refractivity contribution in [1.29, 1.82) is 0 Å². The Hall–Kier alpha value is -1.99. The van der Waals surface area contributed by atoms with Crippen LogP contribution in [0.2, 0.25) is 0 Å². The van der Waals surface area contributed by atoms with Gasteiger partial charge < -0.3 is 10.1 Å². The van der Waals surface area contributed by atoms with Crippen LogP contribution in [-0.2, 0) is 24.4 Å². The van der Waals surface area contributed by atoms with Crippen molar-refractivity contribution in [2.45, 2.75) is 45.0 Å². The van der Waals surface area contributed by atoms with Crippen molar-refractivity contribution in [2.24, 2.45) is 0 Å². The molecular formula is C17H24N6O. The number of anilines is 1. The van der Waals surface area contributed by atoms with Crippen LogP contribution in [0.3, 0.4) is 0 Å². The zero-order valence-corrected chi connectivity index (χ0v) is 13.9. The summed E-state index contributed by atoms with van der Waals surface area (Å²) in [6.45, 7) is 5.59. The SMILES string of the molecule is c1cnc(NCc2cc3n(n2)CCN(C[C@@H]2CCCCO2)C3)cn1. The standard InChI is InChI=1S/C17H24N6O/c1-2-8-24-16(3-1)13-22-6-7-23-15(12-22)9-14(21-23)10-20-17-11-18-4-5-19-17/h4-5,9,11,16H,1-3,6-8,10,12-13H2,(H,19,20)/t16-/m0/s1. The second kappa shape index (κ2) is 7.27. The molecule has 1 fully saturated rings. The maximum absolute atomic E-state index is 5.87. The Kier molecular flexibility index (Phi) is 4.71. The second-order valence-electron chi connectivity index (χ2n) is 6.52. The van der Waals surface area contributed by atoms with E-state index in [0.29, 0.717) is 12.6 Å². The quantitative estimate of drug-likeness (QED) is 0.900. The lowest BCUT2D eigenvalue weighted by Gasteiger charge is -2.32. The molecule has 7 heteroatoms. The molecule has 2 aromatic heterocycles. The van der Waals surface area contributed by atoms with Crippen molar-refractivity contribution in [3.8, 4) is 0 Å². The lowest BCUT2D eigenvalue weighted by Crippen LogP contribution is -2.40. The molecule has 0 aliphatic carbocycles. The molecule has 2 aliphatic heterocycles. The Morgan fingerprint density at radius 3 is 3.08 bits per heavy atom. The van der Waals surface area contributed by atoms with Crippen molar-refractivity contribution in [3.63, 3.8) is 0 Å². The van der Waals surface area contributed by atoms with Crippen LogP contribution in [-0.4, -0.2) is 50.4 Å². The van der Waals surface area contributed by atoms with Crippen LogP contribution >= 0.6 is 0 Å². The molecule has 2 aliphatic rings. The highest BCUT2D eigenvalue weighted by Gasteiger charge is 2.22. The first-order valence-electron chi connectivity index (χ1n) is 8.76. The summed E-state index contributed by atoms with van der Waals surface area (Å²) in [6, 6.07) is 2.19. The van der Waals surface area contributed by atoms with Crippen LogP contribution in [0.25, 0.3) is 0 Å². The summed E-state index contributed by atoms with van der Waals surface area (Å²) in [5.74, 6) is 0.777. The molecule has 0 saturated carbocycles. The molecule has 1 atom stereocenters. The number of nitrogens with zero attached hydrogens (tertiary/aromatic N) is 5. The Morgan fingerprint density at radius 1 is 1.25 bits per heavy atom. The number of hydrogen-bond donors (Lipinski definition) is 1. The van der Waals surface area contributed by atoms with E-state index in [9.17, 15) is 0 Å². The van der Waals surface area contributed by atoms with Crippen molar-refractivity contribution in [3.05, 3.63) is 36.0 Å². The lowest BCUT2D eigenvalue weighted by molar-refractivity contribution is -0.0105. The Labute approximate surface area is 142 Å². The summed E-state index contributed by atoms with van der Waals surface area (Å²) >= 11 is 0. The van der Waals surface area contributed by atoms with E-state index in [-0.39, 0.29) is 0 Å². The highest BCUT2D eigenvalue weighted by molar-refractivity contribution is 5.31. The Morgan fingerprint density at radius 2 is 2.25 bits per heavy atom. The number of fused-ring (bicyclic) bond motifs is 1. The molecule has 128 valence electrons. The zero-order chi connectivity index (χ0) is 16.2. The predicted octanol–water partition coefficient (Wildman–Crippen LogP) is 1.67. The van der Waals surface area contributed by atoms with Crippen LogP contribution < -0.4 is 5.32 Å². The normalized spacial score (nSPS) is 21.4. The number of hydrogen-bond acceptors (Lipinski definition) is 6. The molecular weight excluding hydrogens is 304 g/mol. The molecule has 1 N–H and O–H groups in total. The van der Waals surface area contributed by atoms with E-state index in [1.54, 1.807) is 18.6 Å². The fraction of sp³-hybridized carbons (Fsp3) is 0.588. The monoisotopic (exact) mass is 328 g/mol. The van der Waals surface area contributed by atoms with E-state index in [4.69, 9.17) is 9.84 Å². The molecule has 0 aromatic carbocycles. The Bertz CT molecular complexity index is 652. The number of nitrogens with one attached hydrogen (secondary N) is 1. The van der Waals surface area contributed by atoms with Gasteiger partial charge in [-0.05, 0) is 25.3 Å². The predicted molar refractivity (Wildman–Crippen MR) is 90.5 cm³/mol. The van der Waals surface area contributed by atoms with Crippen LogP contribution in [0, 0.1) is 0 Å². The summed E-state index contributed by atoms with van der Waals surface area (Å²) in [7, 11) is 0. The second-order valence-corrected chi connectivity index (χ2v) is 6.52. The van der Waals surface area contributed by atoms with Crippen LogP contribution in [0.4, 0.5) is 5.82 Å². The van der Waals surface area contributed by atoms with E-state index >= 15 is 0 Å². The van der Waals surface area contributed by atoms with Gasteiger partial charge in [0, 0.05) is 38.6 Å². The fourth-order valence-corrected chi connectivity index (χ4v) is 3.43. The molecule has 0 bridgehead atoms. The first-order valence-corrected chi connectivity index (χ1v) is 8.76. The number of aromatic nitrogens is 4. The molecule has 2 aromatic rings. The minimum absolute atomic E-state index is 0.408. The van der Waals surface area contributed by atoms with Gasteiger partial charge in [0.15, 0.2) is 0 Å². The average Bonchev–Trinajstić information content (AvgIpc) is 3.04. The van der Waals surface area contributed by atoms with Crippen molar-refractivity contribution in [2.75, 3.05) is 25.0 Å². The van der Waals surface area contributed by atoms with Gasteiger partial charge in [-0.25, -0.2) is 4.98 Å². The molecule has 7 nitrogen and oxygen atoms in total. The average molecular weight is 328 g/mol. The van der Waals surface area contributed by atoms with Crippen LogP contribution in [0.1, 0.15) is 30.7 Å². The molecule has 0 spiro atoms. The minimum atomic E-state index is 0.408. The molecule has 4 rings (SSSR count). The van der Waals surface area contributed by atoms with Gasteiger partial charge in [0.1, 0.15) is 5.82 Å². The van der Waals surface area contributed by atoms with E-state index in [1.807, 2.05) is 0 Å². The summed E-state index contributed by atoms with van der Waals surface area (Å²) in [5, 5.41) is 7.96. The van der Waals surface area contributed by atoms with E-state index < -0.39 is 0 Å². The minimum Gasteiger partial charge on any atom is -0.377 e. The van der Waals surface area contributed by atoms with Gasteiger partial charge in [-0.1, -0.05) is 0 Å². The summed E-state index contributed by atoms with van der Waals surface area (Å²) in [6.07, 6.45) is 9.20. The maximum Gasteiger partial charge on any atom is 0.144 e. The van der Waals surface area contributed by atoms with Gasteiger partial charge in [0.25, 0.3) is 0 Å². The molecule has 0 radical (unpaired) electrons. The molecule has 1 saturated heterocycles. The van der Waals surface area contributed by atoms with Gasteiger partial charge in [0.05, 0.1) is 36.8 Å². The molecule has 0 amide bonds. The molecule has 4 heterocycles. The highest BCUT2D eigenvalue weighted by atomic mass is 16.5. The number of rotatable bonds is 5. The third-order valence-electron chi connectivity index (χ3n) is 4.68. The van der Waals surface area contributed by atoms with Crippen LogP contribution in [0.15, 0.2) is 24.7 Å². The zero-order valence-electron chi connectivity index (χ0n) is 13.9. The van der Waals surface area contributed by atoms with E-state index in [2.05, 4.69) is 30.9 Å². The first-order chi connectivity index (χ1) is 11.9. The van der Waals surface area contributed by atoms with Crippen molar-refractivity contribution in [1.82, 2.24) is 24.6 Å². The summed E-state index contributed by atoms with van der Waals surface area (Å²) in [4.78, 5) is 10.8. The maximum atomic E-state index is 5.87. The summed E-state index contributed by atoms with van der Waals surface area (Å²) in [5.41, 5.74) is 2.33. The third kappa shape index (κ3) is 3.73. The van der Waals surface area contributed by atoms with Gasteiger partial charge in [-0.15, -0.1) is 0 Å². The third-order valence-corrected chi connectivity index (χ3v) is 4.68. The highest BCUT2D eigenvalue weighted by Crippen LogP contribution is 2.18. The first kappa shape index (κ1) is 15.5. The largest absolute Gasteiger partial charge is 0.377 e. The van der Waals surface area contributed by atoms with Crippen molar-refractivity contribution < 1.29 is 4.74 Å². The van der Waals surface area contributed by atoms with E-state index in [0.717, 1.165) is 44.3 Å². The van der Waals surface area contributed by atoms with Crippen molar-refractivity contribution >= 4 is 5.82 Å². The topological polar surface area (TPSA) is 68.1 Å².